The molecule has 2 N–H and O–H groups in total. The fraction of sp³-hybridized carbons (Fsp3) is 0.400. The van der Waals surface area contributed by atoms with Crippen LogP contribution < -0.4 is 5.73 Å². The second kappa shape index (κ2) is 6.16. The lowest BCUT2D eigenvalue weighted by Crippen LogP contribution is -2.15. The molecule has 0 aliphatic rings. The molecule has 0 aliphatic heterocycles. The molecule has 0 amide bonds. The highest BCUT2D eigenvalue weighted by molar-refractivity contribution is 5.85. The summed E-state index contributed by atoms with van der Waals surface area (Å²) >= 11 is 0. The van der Waals surface area contributed by atoms with Gasteiger partial charge >= 0.3 is 6.18 Å². The Labute approximate surface area is 101 Å². The van der Waals surface area contributed by atoms with Gasteiger partial charge in [0, 0.05) is 12.5 Å². The van der Waals surface area contributed by atoms with Crippen molar-refractivity contribution in [3.63, 3.8) is 0 Å². The number of benzene rings is 1. The van der Waals surface area contributed by atoms with Crippen molar-refractivity contribution in [1.82, 2.24) is 0 Å². The summed E-state index contributed by atoms with van der Waals surface area (Å²) in [6, 6.07) is 3.06. The van der Waals surface area contributed by atoms with Gasteiger partial charge in [0.25, 0.3) is 0 Å². The molecule has 98 valence electrons. The van der Waals surface area contributed by atoms with Crippen LogP contribution in [0.4, 0.5) is 22.0 Å². The Morgan fingerprint density at radius 1 is 1.18 bits per heavy atom. The van der Waals surface area contributed by atoms with Gasteiger partial charge in [-0.2, -0.15) is 13.2 Å². The van der Waals surface area contributed by atoms with Gasteiger partial charge in [0.15, 0.2) is 0 Å². The molecule has 1 nitrogen and oxygen atoms in total. The van der Waals surface area contributed by atoms with Gasteiger partial charge in [-0.1, -0.05) is 12.1 Å². The summed E-state index contributed by atoms with van der Waals surface area (Å²) in [5.74, 6) is 0. The summed E-state index contributed by atoms with van der Waals surface area (Å²) in [5, 5.41) is 0. The SMILES string of the molecule is Cl.N[C@H](CC(F)F)c1cccc(C(F)(F)F)c1. The van der Waals surface area contributed by atoms with Crippen LogP contribution in [0.2, 0.25) is 0 Å². The second-order valence-electron chi connectivity index (χ2n) is 3.36. The molecule has 0 fully saturated rings. The van der Waals surface area contributed by atoms with Crippen LogP contribution in [0.3, 0.4) is 0 Å². The Morgan fingerprint density at radius 2 is 1.76 bits per heavy atom. The van der Waals surface area contributed by atoms with Crippen molar-refractivity contribution in [2.24, 2.45) is 5.73 Å². The van der Waals surface area contributed by atoms with Crippen LogP contribution in [0.15, 0.2) is 24.3 Å². The van der Waals surface area contributed by atoms with E-state index in [1.165, 1.54) is 6.07 Å². The van der Waals surface area contributed by atoms with Crippen LogP contribution >= 0.6 is 12.4 Å². The van der Waals surface area contributed by atoms with Crippen molar-refractivity contribution >= 4 is 12.4 Å². The van der Waals surface area contributed by atoms with Gasteiger partial charge in [-0.3, -0.25) is 0 Å². The molecule has 1 atom stereocenters. The van der Waals surface area contributed by atoms with Crippen LogP contribution in [0.25, 0.3) is 0 Å². The number of hydrogen-bond acceptors (Lipinski definition) is 1. The fourth-order valence-electron chi connectivity index (χ4n) is 1.27. The lowest BCUT2D eigenvalue weighted by molar-refractivity contribution is -0.137. The first-order valence-corrected chi connectivity index (χ1v) is 4.51. The van der Waals surface area contributed by atoms with E-state index in [0.29, 0.717) is 0 Å². The highest BCUT2D eigenvalue weighted by Gasteiger charge is 2.30. The third kappa shape index (κ3) is 4.87. The van der Waals surface area contributed by atoms with E-state index < -0.39 is 30.6 Å². The summed E-state index contributed by atoms with van der Waals surface area (Å²) in [5.41, 5.74) is 4.55. The quantitative estimate of drug-likeness (QED) is 0.835. The maximum Gasteiger partial charge on any atom is 0.416 e. The molecule has 0 bridgehead atoms. The average molecular weight is 276 g/mol. The molecule has 7 heteroatoms. The number of nitrogens with two attached hydrogens (primary N) is 1. The Kier molecular flexibility index (Phi) is 5.84. The van der Waals surface area contributed by atoms with Crippen LogP contribution in [-0.4, -0.2) is 6.43 Å². The first kappa shape index (κ1) is 16.1. The minimum absolute atomic E-state index is 0. The number of rotatable bonds is 3. The van der Waals surface area contributed by atoms with E-state index in [2.05, 4.69) is 0 Å². The van der Waals surface area contributed by atoms with Gasteiger partial charge in [-0.05, 0) is 17.7 Å². The lowest BCUT2D eigenvalue weighted by atomic mass is 10.0. The molecule has 1 rings (SSSR count). The first-order valence-electron chi connectivity index (χ1n) is 4.51. The van der Waals surface area contributed by atoms with Crippen LogP contribution in [0.1, 0.15) is 23.6 Å². The van der Waals surface area contributed by atoms with Gasteiger partial charge in [0.1, 0.15) is 0 Å². The summed E-state index contributed by atoms with van der Waals surface area (Å²) in [4.78, 5) is 0. The summed E-state index contributed by atoms with van der Waals surface area (Å²) < 4.78 is 60.9. The number of halogens is 6. The molecule has 1 aromatic carbocycles. The first-order chi connectivity index (χ1) is 7.30. The van der Waals surface area contributed by atoms with Gasteiger partial charge in [0.2, 0.25) is 6.43 Å². The molecule has 0 saturated heterocycles. The minimum Gasteiger partial charge on any atom is -0.324 e. The minimum atomic E-state index is -4.49. The average Bonchev–Trinajstić information content (AvgIpc) is 2.15. The summed E-state index contributed by atoms with van der Waals surface area (Å²) in [6.07, 6.45) is -7.77. The predicted octanol–water partition coefficient (Wildman–Crippen LogP) is 3.78. The normalized spacial score (nSPS) is 13.4. The van der Waals surface area contributed by atoms with Crippen molar-refractivity contribution in [3.8, 4) is 0 Å². The Balaban J connectivity index is 0.00000256. The van der Waals surface area contributed by atoms with E-state index in [4.69, 9.17) is 5.73 Å². The predicted molar refractivity (Wildman–Crippen MR) is 56.2 cm³/mol. The molecule has 0 spiro atoms. The molecule has 0 radical (unpaired) electrons. The van der Waals surface area contributed by atoms with Gasteiger partial charge in [-0.25, -0.2) is 8.78 Å². The monoisotopic (exact) mass is 275 g/mol. The molecular weight excluding hydrogens is 265 g/mol. The van der Waals surface area contributed by atoms with Crippen LogP contribution in [0, 0.1) is 0 Å². The van der Waals surface area contributed by atoms with Crippen molar-refractivity contribution in [1.29, 1.82) is 0 Å². The zero-order valence-electron chi connectivity index (χ0n) is 8.55. The fourth-order valence-corrected chi connectivity index (χ4v) is 1.27. The molecule has 0 aliphatic carbocycles. The third-order valence-electron chi connectivity index (χ3n) is 2.07. The molecule has 0 heterocycles. The van der Waals surface area contributed by atoms with Crippen molar-refractivity contribution in [2.45, 2.75) is 25.1 Å². The molecule has 0 saturated carbocycles. The Morgan fingerprint density at radius 3 is 2.24 bits per heavy atom. The molecular formula is C10H11ClF5N. The topological polar surface area (TPSA) is 26.0 Å². The maximum absolute atomic E-state index is 12.3. The second-order valence-corrected chi connectivity index (χ2v) is 3.36. The zero-order valence-corrected chi connectivity index (χ0v) is 9.36. The van der Waals surface area contributed by atoms with Crippen molar-refractivity contribution < 1.29 is 22.0 Å². The molecule has 0 aromatic heterocycles. The van der Waals surface area contributed by atoms with Crippen LogP contribution in [-0.2, 0) is 6.18 Å². The third-order valence-corrected chi connectivity index (χ3v) is 2.07. The van der Waals surface area contributed by atoms with Crippen LogP contribution in [0.5, 0.6) is 0 Å². The van der Waals surface area contributed by atoms with E-state index in [1.807, 2.05) is 0 Å². The van der Waals surface area contributed by atoms with Gasteiger partial charge in [0.05, 0.1) is 5.56 Å². The summed E-state index contributed by atoms with van der Waals surface area (Å²) in [6.45, 7) is 0. The van der Waals surface area contributed by atoms with E-state index in [1.54, 1.807) is 0 Å². The zero-order chi connectivity index (χ0) is 12.3. The summed E-state index contributed by atoms with van der Waals surface area (Å²) in [7, 11) is 0. The maximum atomic E-state index is 12.3. The number of hydrogen-bond donors (Lipinski definition) is 1. The van der Waals surface area contributed by atoms with Crippen molar-refractivity contribution in [3.05, 3.63) is 35.4 Å². The molecule has 1 aromatic rings. The molecule has 0 unspecified atom stereocenters. The Bertz CT molecular complexity index is 353. The highest BCUT2D eigenvalue weighted by atomic mass is 35.5. The molecule has 17 heavy (non-hydrogen) atoms. The van der Waals surface area contributed by atoms with E-state index in [9.17, 15) is 22.0 Å². The number of alkyl halides is 5. The Hall–Kier alpha value is -0.880. The standard InChI is InChI=1S/C10H10F5N.ClH/c11-9(12)5-8(16)6-2-1-3-7(4-6)10(13,14)15;/h1-4,8-9H,5,16H2;1H/t8-;/m1./s1. The van der Waals surface area contributed by atoms with Gasteiger partial charge < -0.3 is 5.73 Å². The van der Waals surface area contributed by atoms with Gasteiger partial charge in [-0.15, -0.1) is 12.4 Å². The van der Waals surface area contributed by atoms with Crippen molar-refractivity contribution in [2.75, 3.05) is 0 Å². The van der Waals surface area contributed by atoms with E-state index in [-0.39, 0.29) is 18.0 Å². The smallest absolute Gasteiger partial charge is 0.324 e. The van der Waals surface area contributed by atoms with E-state index in [0.717, 1.165) is 18.2 Å². The van der Waals surface area contributed by atoms with E-state index >= 15 is 0 Å². The lowest BCUT2D eigenvalue weighted by Gasteiger charge is -2.13. The highest BCUT2D eigenvalue weighted by Crippen LogP contribution is 2.31. The largest absolute Gasteiger partial charge is 0.416 e.